The van der Waals surface area contributed by atoms with Gasteiger partial charge in [-0.05, 0) is 85.8 Å². The molecule has 1 atom stereocenters. The summed E-state index contributed by atoms with van der Waals surface area (Å²) < 4.78 is 32.5. The fourth-order valence-electron chi connectivity index (χ4n) is 2.42. The summed E-state index contributed by atoms with van der Waals surface area (Å²) in [6.07, 6.45) is 0. The van der Waals surface area contributed by atoms with Crippen LogP contribution in [0.1, 0.15) is 66.9 Å². The number of carbonyl (C=O) groups is 6. The van der Waals surface area contributed by atoms with E-state index in [9.17, 15) is 33.6 Å². The maximum Gasteiger partial charge on any atom is 0.519 e. The van der Waals surface area contributed by atoms with E-state index in [4.69, 9.17) is 32.5 Å². The van der Waals surface area contributed by atoms with Crippen molar-refractivity contribution < 1.29 is 61.3 Å². The Balaban J connectivity index is 2.84. The van der Waals surface area contributed by atoms with Crippen molar-refractivity contribution in [3.8, 4) is 0 Å². The summed E-state index contributed by atoms with van der Waals surface area (Å²) in [5.74, 6) is -4.43. The standard InChI is InChI=1S/C26H37NO14S2/c1-14-16(41-21(32)40-14)10-35-17(28)15(11-42-22(33)38-12-36-19(30)24(2,3)4)27-18(29)26(8,9)43-23(34)39-13-37-20(31)25(5,6)7/h15H,10-13H2,1-9H3,(H,27,29)/t15-/m0/s1. The minimum Gasteiger partial charge on any atom is -0.456 e. The minimum absolute atomic E-state index is 0.0676. The second kappa shape index (κ2) is 15.8. The predicted molar refractivity (Wildman–Crippen MR) is 152 cm³/mol. The summed E-state index contributed by atoms with van der Waals surface area (Å²) in [4.78, 5) is 85.3. The van der Waals surface area contributed by atoms with E-state index in [0.717, 1.165) is 0 Å². The Kier molecular flexibility index (Phi) is 13.8. The van der Waals surface area contributed by atoms with Crippen LogP contribution in [0.4, 0.5) is 9.59 Å². The summed E-state index contributed by atoms with van der Waals surface area (Å²) in [6, 6.07) is -1.45. The van der Waals surface area contributed by atoms with E-state index < -0.39 is 82.1 Å². The maximum absolute atomic E-state index is 13.1. The number of rotatable bonds is 12. The summed E-state index contributed by atoms with van der Waals surface area (Å²) in [5, 5.41) is 0.546. The zero-order chi connectivity index (χ0) is 33.2. The Morgan fingerprint density at radius 2 is 1.28 bits per heavy atom. The zero-order valence-corrected chi connectivity index (χ0v) is 27.1. The van der Waals surface area contributed by atoms with Crippen molar-refractivity contribution in [1.82, 2.24) is 5.32 Å². The lowest BCUT2D eigenvalue weighted by Crippen LogP contribution is -2.50. The molecule has 0 fully saturated rings. The second-order valence-corrected chi connectivity index (χ2v) is 13.9. The van der Waals surface area contributed by atoms with Crippen LogP contribution in [-0.4, -0.2) is 64.5 Å². The molecule has 0 aliphatic heterocycles. The lowest BCUT2D eigenvalue weighted by Gasteiger charge is -2.25. The van der Waals surface area contributed by atoms with Gasteiger partial charge in [0.05, 0.1) is 15.6 Å². The maximum atomic E-state index is 13.1. The first kappa shape index (κ1) is 37.6. The molecular weight excluding hydrogens is 614 g/mol. The average Bonchev–Trinajstić information content (AvgIpc) is 3.19. The number of carbonyl (C=O) groups excluding carboxylic acids is 6. The molecule has 0 aromatic carbocycles. The first-order chi connectivity index (χ1) is 19.6. The number of aryl methyl sites for hydroxylation is 1. The van der Waals surface area contributed by atoms with Crippen LogP contribution in [0.2, 0.25) is 0 Å². The summed E-state index contributed by atoms with van der Waals surface area (Å²) in [6.45, 7) is 12.0. The molecule has 0 saturated carbocycles. The molecule has 43 heavy (non-hydrogen) atoms. The first-order valence-electron chi connectivity index (χ1n) is 12.7. The number of esters is 3. The Bertz CT molecular complexity index is 1240. The second-order valence-electron chi connectivity index (χ2n) is 11.4. The van der Waals surface area contributed by atoms with Crippen molar-refractivity contribution in [2.45, 2.75) is 79.7 Å². The molecule has 1 aromatic rings. The highest BCUT2D eigenvalue weighted by Gasteiger charge is 2.36. The highest BCUT2D eigenvalue weighted by molar-refractivity contribution is 8.15. The van der Waals surface area contributed by atoms with Crippen molar-refractivity contribution >= 4 is 57.9 Å². The van der Waals surface area contributed by atoms with Crippen LogP contribution in [0, 0.1) is 17.8 Å². The van der Waals surface area contributed by atoms with Crippen LogP contribution in [-0.2, 0) is 49.5 Å². The van der Waals surface area contributed by atoms with Crippen molar-refractivity contribution in [3.05, 3.63) is 22.1 Å². The molecule has 0 spiro atoms. The third-order valence-corrected chi connectivity index (χ3v) is 6.82. The lowest BCUT2D eigenvalue weighted by molar-refractivity contribution is -0.161. The van der Waals surface area contributed by atoms with Gasteiger partial charge in [-0.25, -0.2) is 19.2 Å². The highest BCUT2D eigenvalue weighted by Crippen LogP contribution is 2.27. The fraction of sp³-hybridized carbons (Fsp3) is 0.654. The van der Waals surface area contributed by atoms with E-state index in [1.54, 1.807) is 41.5 Å². The monoisotopic (exact) mass is 651 g/mol. The topological polar surface area (TPSA) is 204 Å². The molecule has 1 rings (SSSR count). The lowest BCUT2D eigenvalue weighted by atomic mass is 9.97. The molecular formula is C26H37NO14S2. The third kappa shape index (κ3) is 13.6. The summed E-state index contributed by atoms with van der Waals surface area (Å²) in [7, 11) is 0. The molecule has 17 heteroatoms. The Hall–Kier alpha value is -3.47. The van der Waals surface area contributed by atoms with E-state index in [2.05, 4.69) is 5.32 Å². The van der Waals surface area contributed by atoms with Gasteiger partial charge in [0.1, 0.15) is 6.04 Å². The molecule has 15 nitrogen and oxygen atoms in total. The van der Waals surface area contributed by atoms with Gasteiger partial charge in [-0.3, -0.25) is 14.4 Å². The molecule has 1 heterocycles. The van der Waals surface area contributed by atoms with Crippen molar-refractivity contribution in [1.29, 1.82) is 0 Å². The number of thioether (sulfide) groups is 2. The molecule has 1 aromatic heterocycles. The van der Waals surface area contributed by atoms with E-state index in [0.29, 0.717) is 23.5 Å². The Labute approximate surface area is 256 Å². The van der Waals surface area contributed by atoms with Crippen LogP contribution < -0.4 is 11.1 Å². The number of hydrogen-bond acceptors (Lipinski definition) is 16. The van der Waals surface area contributed by atoms with E-state index in [-0.39, 0.29) is 17.3 Å². The number of nitrogens with one attached hydrogen (secondary N) is 1. The van der Waals surface area contributed by atoms with E-state index in [1.165, 1.54) is 20.8 Å². The number of ether oxygens (including phenoxy) is 5. The number of amides is 1. The fourth-order valence-corrected chi connectivity index (χ4v) is 3.75. The van der Waals surface area contributed by atoms with Crippen LogP contribution >= 0.6 is 23.5 Å². The summed E-state index contributed by atoms with van der Waals surface area (Å²) >= 11 is 0.929. The first-order valence-corrected chi connectivity index (χ1v) is 14.5. The van der Waals surface area contributed by atoms with Crippen molar-refractivity contribution in [3.63, 3.8) is 0 Å². The smallest absolute Gasteiger partial charge is 0.456 e. The largest absolute Gasteiger partial charge is 0.519 e. The molecule has 1 N–H and O–H groups in total. The van der Waals surface area contributed by atoms with Crippen LogP contribution in [0.25, 0.3) is 0 Å². The Morgan fingerprint density at radius 1 is 0.767 bits per heavy atom. The quantitative estimate of drug-likeness (QED) is 0.194. The van der Waals surface area contributed by atoms with Gasteiger partial charge < -0.3 is 37.8 Å². The SMILES string of the molecule is Cc1oc(=O)oc1COC(=O)[C@H](CSC(=O)OCOC(=O)C(C)(C)C)NC(=O)C(C)(C)SC(=O)OCOC(=O)C(C)(C)C. The van der Waals surface area contributed by atoms with Gasteiger partial charge in [-0.2, -0.15) is 0 Å². The van der Waals surface area contributed by atoms with Gasteiger partial charge in [0, 0.05) is 5.75 Å². The van der Waals surface area contributed by atoms with Crippen LogP contribution in [0.15, 0.2) is 13.6 Å². The predicted octanol–water partition coefficient (Wildman–Crippen LogP) is 3.68. The van der Waals surface area contributed by atoms with Crippen molar-refractivity contribution in [2.75, 3.05) is 19.3 Å². The molecule has 0 unspecified atom stereocenters. The molecule has 0 saturated heterocycles. The van der Waals surface area contributed by atoms with Gasteiger partial charge in [-0.15, -0.1) is 0 Å². The molecule has 0 aliphatic rings. The normalized spacial score (nSPS) is 12.5. The number of hydrogen-bond donors (Lipinski definition) is 1. The third-order valence-electron chi connectivity index (χ3n) is 4.98. The molecule has 242 valence electrons. The van der Waals surface area contributed by atoms with Gasteiger partial charge in [0.15, 0.2) is 18.1 Å². The minimum atomic E-state index is -1.51. The molecule has 0 radical (unpaired) electrons. The summed E-state index contributed by atoms with van der Waals surface area (Å²) in [5.41, 5.74) is -1.63. The van der Waals surface area contributed by atoms with Gasteiger partial charge in [0.2, 0.25) is 19.5 Å². The van der Waals surface area contributed by atoms with E-state index >= 15 is 0 Å². The van der Waals surface area contributed by atoms with Crippen molar-refractivity contribution in [2.24, 2.45) is 10.8 Å². The van der Waals surface area contributed by atoms with Crippen LogP contribution in [0.5, 0.6) is 0 Å². The zero-order valence-electron chi connectivity index (χ0n) is 25.4. The van der Waals surface area contributed by atoms with E-state index in [1.807, 2.05) is 0 Å². The van der Waals surface area contributed by atoms with Gasteiger partial charge in [-0.1, -0.05) is 0 Å². The highest BCUT2D eigenvalue weighted by atomic mass is 32.2. The Morgan fingerprint density at radius 3 is 1.74 bits per heavy atom. The van der Waals surface area contributed by atoms with Gasteiger partial charge >= 0.3 is 34.3 Å². The average molecular weight is 652 g/mol. The van der Waals surface area contributed by atoms with Crippen LogP contribution in [0.3, 0.4) is 0 Å². The molecule has 1 amide bonds. The molecule has 0 aliphatic carbocycles. The van der Waals surface area contributed by atoms with Gasteiger partial charge in [0.25, 0.3) is 0 Å². The molecule has 0 bridgehead atoms.